The molecule has 2 aliphatic rings. The van der Waals surface area contributed by atoms with Crippen LogP contribution in [0.2, 0.25) is 0 Å². The van der Waals surface area contributed by atoms with Crippen molar-refractivity contribution in [3.8, 4) is 12.1 Å². The Labute approximate surface area is 182 Å². The Morgan fingerprint density at radius 1 is 1.16 bits per heavy atom. The first kappa shape index (κ1) is 20.6. The summed E-state index contributed by atoms with van der Waals surface area (Å²) in [6, 6.07) is 10.4. The van der Waals surface area contributed by atoms with E-state index in [4.69, 9.17) is 5.73 Å². The van der Waals surface area contributed by atoms with Crippen molar-refractivity contribution in [2.75, 3.05) is 10.6 Å². The maximum atomic E-state index is 13.0. The van der Waals surface area contributed by atoms with Crippen molar-refractivity contribution >= 4 is 40.9 Å². The summed E-state index contributed by atoms with van der Waals surface area (Å²) in [6.45, 7) is 1.44. The largest absolute Gasteiger partial charge is 0.383 e. The summed E-state index contributed by atoms with van der Waals surface area (Å²) < 4.78 is 0. The SMILES string of the molecule is CC(=O)c1ccc(N2C(=O)CC(Sc3nc(N)c(C#N)c(C4CC4)c3C#N)C2=O)cc1. The van der Waals surface area contributed by atoms with Crippen molar-refractivity contribution in [1.29, 1.82) is 10.5 Å². The zero-order chi connectivity index (χ0) is 22.3. The molecule has 1 saturated carbocycles. The molecule has 4 rings (SSSR count). The first-order valence-electron chi connectivity index (χ1n) is 9.63. The van der Waals surface area contributed by atoms with Gasteiger partial charge in [-0.15, -0.1) is 0 Å². The first-order chi connectivity index (χ1) is 14.8. The smallest absolute Gasteiger partial charge is 0.247 e. The third-order valence-corrected chi connectivity index (χ3v) is 6.50. The number of ketones is 1. The van der Waals surface area contributed by atoms with Crippen LogP contribution in [0.3, 0.4) is 0 Å². The lowest BCUT2D eigenvalue weighted by atomic mass is 10.0. The predicted octanol–water partition coefficient (Wildman–Crippen LogP) is 2.91. The van der Waals surface area contributed by atoms with Crippen molar-refractivity contribution in [3.05, 3.63) is 46.5 Å². The highest BCUT2D eigenvalue weighted by molar-refractivity contribution is 8.00. The Bertz CT molecular complexity index is 1210. The molecule has 1 saturated heterocycles. The molecule has 1 aromatic carbocycles. The highest BCUT2D eigenvalue weighted by Gasteiger charge is 2.41. The van der Waals surface area contributed by atoms with Crippen molar-refractivity contribution in [1.82, 2.24) is 4.98 Å². The summed E-state index contributed by atoms with van der Waals surface area (Å²) in [4.78, 5) is 42.3. The monoisotopic (exact) mass is 431 g/mol. The number of anilines is 2. The van der Waals surface area contributed by atoms with Crippen molar-refractivity contribution < 1.29 is 14.4 Å². The second-order valence-corrected chi connectivity index (χ2v) is 8.64. The number of nitrogen functional groups attached to an aromatic ring is 1. The zero-order valence-electron chi connectivity index (χ0n) is 16.6. The van der Waals surface area contributed by atoms with Gasteiger partial charge in [0.15, 0.2) is 5.78 Å². The number of rotatable bonds is 5. The molecule has 1 aliphatic carbocycles. The number of carbonyl (C=O) groups excluding carboxylic acids is 3. The van der Waals surface area contributed by atoms with Crippen LogP contribution in [-0.4, -0.2) is 27.8 Å². The van der Waals surface area contributed by atoms with Crippen LogP contribution in [0.1, 0.15) is 59.2 Å². The summed E-state index contributed by atoms with van der Waals surface area (Å²) in [5.74, 6) is -0.794. The lowest BCUT2D eigenvalue weighted by molar-refractivity contribution is -0.121. The van der Waals surface area contributed by atoms with Crippen LogP contribution >= 0.6 is 11.8 Å². The van der Waals surface area contributed by atoms with E-state index >= 15 is 0 Å². The van der Waals surface area contributed by atoms with Gasteiger partial charge in [-0.05, 0) is 55.5 Å². The molecule has 1 aromatic heterocycles. The van der Waals surface area contributed by atoms with Crippen LogP contribution < -0.4 is 10.6 Å². The molecule has 2 fully saturated rings. The summed E-state index contributed by atoms with van der Waals surface area (Å²) in [6.07, 6.45) is 1.67. The van der Waals surface area contributed by atoms with E-state index < -0.39 is 11.2 Å². The highest BCUT2D eigenvalue weighted by Crippen LogP contribution is 2.46. The van der Waals surface area contributed by atoms with Gasteiger partial charge in [0.2, 0.25) is 11.8 Å². The van der Waals surface area contributed by atoms with E-state index in [-0.39, 0.29) is 46.0 Å². The Morgan fingerprint density at radius 2 is 1.81 bits per heavy atom. The minimum Gasteiger partial charge on any atom is -0.383 e. The molecule has 31 heavy (non-hydrogen) atoms. The van der Waals surface area contributed by atoms with Gasteiger partial charge in [-0.25, -0.2) is 9.88 Å². The zero-order valence-corrected chi connectivity index (χ0v) is 17.4. The summed E-state index contributed by atoms with van der Waals surface area (Å²) >= 11 is 1.02. The standard InChI is InChI=1S/C22H17N5O3S/c1-11(28)12-4-6-14(7-5-12)27-18(29)8-17(22(27)30)31-21-16(10-24)19(13-2-3-13)15(9-23)20(25)26-21/h4-7,13,17H,2-3,8H2,1H3,(H2,25,26). The number of Topliss-reactive ketones (excluding diaryl/α,β-unsaturated/α-hetero) is 1. The maximum Gasteiger partial charge on any atom is 0.247 e. The minimum atomic E-state index is -0.765. The van der Waals surface area contributed by atoms with E-state index in [0.717, 1.165) is 29.5 Å². The van der Waals surface area contributed by atoms with Crippen molar-refractivity contribution in [3.63, 3.8) is 0 Å². The van der Waals surface area contributed by atoms with Gasteiger partial charge in [-0.3, -0.25) is 14.4 Å². The third kappa shape index (κ3) is 3.65. The fourth-order valence-corrected chi connectivity index (χ4v) is 4.76. The number of amides is 2. The number of hydrogen-bond acceptors (Lipinski definition) is 8. The molecule has 2 N–H and O–H groups in total. The van der Waals surface area contributed by atoms with Crippen LogP contribution in [0, 0.1) is 22.7 Å². The Kier molecular flexibility index (Phi) is 5.22. The van der Waals surface area contributed by atoms with Crippen molar-refractivity contribution in [2.24, 2.45) is 0 Å². The number of benzene rings is 1. The topological polar surface area (TPSA) is 141 Å². The number of imide groups is 1. The molecule has 1 unspecified atom stereocenters. The molecule has 2 amide bonds. The number of pyridine rings is 1. The van der Waals surface area contributed by atoms with Gasteiger partial charge in [-0.2, -0.15) is 10.5 Å². The Hall–Kier alpha value is -3.69. The number of hydrogen-bond donors (Lipinski definition) is 1. The second-order valence-electron chi connectivity index (χ2n) is 7.44. The normalized spacial score (nSPS) is 18.0. The molecule has 2 heterocycles. The summed E-state index contributed by atoms with van der Waals surface area (Å²) in [7, 11) is 0. The molecule has 8 nitrogen and oxygen atoms in total. The van der Waals surface area contributed by atoms with E-state index in [1.165, 1.54) is 6.92 Å². The quantitative estimate of drug-likeness (QED) is 0.563. The van der Waals surface area contributed by atoms with Crippen LogP contribution in [-0.2, 0) is 9.59 Å². The second kappa shape index (κ2) is 7.86. The van der Waals surface area contributed by atoms with Gasteiger partial charge >= 0.3 is 0 Å². The number of thioether (sulfide) groups is 1. The van der Waals surface area contributed by atoms with E-state index in [1.54, 1.807) is 24.3 Å². The predicted molar refractivity (Wildman–Crippen MR) is 113 cm³/mol. The highest BCUT2D eigenvalue weighted by atomic mass is 32.2. The fraction of sp³-hybridized carbons (Fsp3) is 0.273. The fourth-order valence-electron chi connectivity index (χ4n) is 3.64. The van der Waals surface area contributed by atoms with Crippen LogP contribution in [0.4, 0.5) is 11.5 Å². The molecule has 154 valence electrons. The van der Waals surface area contributed by atoms with Gasteiger partial charge in [0.25, 0.3) is 0 Å². The van der Waals surface area contributed by atoms with E-state index in [0.29, 0.717) is 16.8 Å². The van der Waals surface area contributed by atoms with Gasteiger partial charge in [0.1, 0.15) is 23.0 Å². The number of nitrogens with two attached hydrogens (primary N) is 1. The van der Waals surface area contributed by atoms with Crippen LogP contribution in [0.15, 0.2) is 29.3 Å². The summed E-state index contributed by atoms with van der Waals surface area (Å²) in [5, 5.41) is 18.7. The molecule has 1 aliphatic heterocycles. The van der Waals surface area contributed by atoms with E-state index in [1.807, 2.05) is 6.07 Å². The Morgan fingerprint density at radius 3 is 2.35 bits per heavy atom. The van der Waals surface area contributed by atoms with Crippen molar-refractivity contribution in [2.45, 2.75) is 42.4 Å². The molecule has 0 radical (unpaired) electrons. The van der Waals surface area contributed by atoms with Crippen LogP contribution in [0.25, 0.3) is 0 Å². The third-order valence-electron chi connectivity index (χ3n) is 5.33. The lowest BCUT2D eigenvalue weighted by Crippen LogP contribution is -2.31. The molecule has 9 heteroatoms. The number of aromatic nitrogens is 1. The molecule has 0 bridgehead atoms. The van der Waals surface area contributed by atoms with Gasteiger partial charge in [-0.1, -0.05) is 11.8 Å². The van der Waals surface area contributed by atoms with E-state index in [9.17, 15) is 24.9 Å². The molecule has 1 atom stereocenters. The van der Waals surface area contributed by atoms with Gasteiger partial charge in [0.05, 0.1) is 22.1 Å². The maximum absolute atomic E-state index is 13.0. The van der Waals surface area contributed by atoms with Gasteiger partial charge < -0.3 is 5.73 Å². The molecular weight excluding hydrogens is 414 g/mol. The average Bonchev–Trinajstić information content (AvgIpc) is 3.54. The molecule has 0 spiro atoms. The first-order valence-corrected chi connectivity index (χ1v) is 10.5. The minimum absolute atomic E-state index is 0.0272. The number of nitrogens with zero attached hydrogens (tertiary/aromatic N) is 4. The number of carbonyl (C=O) groups is 3. The molecule has 2 aromatic rings. The number of nitriles is 2. The van der Waals surface area contributed by atoms with E-state index in [2.05, 4.69) is 11.1 Å². The Balaban J connectivity index is 1.65. The summed E-state index contributed by atoms with van der Waals surface area (Å²) in [5.41, 5.74) is 7.89. The average molecular weight is 431 g/mol. The molecular formula is C22H17N5O3S. The lowest BCUT2D eigenvalue weighted by Gasteiger charge is -2.16. The van der Waals surface area contributed by atoms with Gasteiger partial charge in [0, 0.05) is 12.0 Å². The van der Waals surface area contributed by atoms with Crippen LogP contribution in [0.5, 0.6) is 0 Å².